The highest BCUT2D eigenvalue weighted by Gasteiger charge is 2.35. The third kappa shape index (κ3) is 4.54. The van der Waals surface area contributed by atoms with Gasteiger partial charge in [0.2, 0.25) is 10.0 Å². The first kappa shape index (κ1) is 22.8. The summed E-state index contributed by atoms with van der Waals surface area (Å²) in [5.41, 5.74) is 0.284. The van der Waals surface area contributed by atoms with E-state index in [1.54, 1.807) is 19.1 Å². The summed E-state index contributed by atoms with van der Waals surface area (Å²) in [5.74, 6) is -0.173. The van der Waals surface area contributed by atoms with Crippen LogP contribution in [-0.4, -0.2) is 28.2 Å². The lowest BCUT2D eigenvalue weighted by atomic mass is 10.1. The Morgan fingerprint density at radius 2 is 1.97 bits per heavy atom. The van der Waals surface area contributed by atoms with E-state index in [4.69, 9.17) is 4.74 Å². The first-order chi connectivity index (χ1) is 16.7. The van der Waals surface area contributed by atoms with Crippen molar-refractivity contribution in [3.05, 3.63) is 92.6 Å². The average molecular weight is 497 g/mol. The van der Waals surface area contributed by atoms with Crippen molar-refractivity contribution in [1.82, 2.24) is 14.5 Å². The van der Waals surface area contributed by atoms with Crippen molar-refractivity contribution in [2.45, 2.75) is 31.6 Å². The molecule has 2 aromatic heterocycles. The quantitative estimate of drug-likeness (QED) is 0.406. The van der Waals surface area contributed by atoms with E-state index >= 15 is 0 Å². The zero-order chi connectivity index (χ0) is 24.7. The van der Waals surface area contributed by atoms with Crippen molar-refractivity contribution >= 4 is 26.6 Å². The Kier molecular flexibility index (Phi) is 5.64. The molecular formula is C24H21FN4O5S. The maximum absolute atomic E-state index is 13.8. The summed E-state index contributed by atoms with van der Waals surface area (Å²) in [6.45, 7) is 1.61. The van der Waals surface area contributed by atoms with Gasteiger partial charge in [-0.05, 0) is 61.7 Å². The third-order valence-corrected chi connectivity index (χ3v) is 7.62. The van der Waals surface area contributed by atoms with Gasteiger partial charge in [-0.2, -0.15) is 0 Å². The SMILES string of the molecule is Cc1ccc(OCc2ncccc2F)cc1-n1c(=O)[nH]c2cc(NS(=O)(=O)C3CC3)ccc2c1=O. The fourth-order valence-electron chi connectivity index (χ4n) is 3.72. The van der Waals surface area contributed by atoms with Crippen LogP contribution < -0.4 is 20.7 Å². The Bertz CT molecular complexity index is 1680. The summed E-state index contributed by atoms with van der Waals surface area (Å²) >= 11 is 0. The van der Waals surface area contributed by atoms with Crippen molar-refractivity contribution in [2.24, 2.45) is 0 Å². The number of pyridine rings is 1. The Hall–Kier alpha value is -3.99. The molecule has 5 rings (SSSR count). The van der Waals surface area contributed by atoms with Gasteiger partial charge < -0.3 is 9.72 Å². The number of halogens is 1. The number of anilines is 1. The molecule has 4 aromatic rings. The molecule has 0 saturated heterocycles. The van der Waals surface area contributed by atoms with E-state index in [9.17, 15) is 22.4 Å². The van der Waals surface area contributed by atoms with Gasteiger partial charge in [-0.15, -0.1) is 0 Å². The summed E-state index contributed by atoms with van der Waals surface area (Å²) in [6.07, 6.45) is 2.69. The van der Waals surface area contributed by atoms with Gasteiger partial charge in [0, 0.05) is 12.3 Å². The van der Waals surface area contributed by atoms with Crippen molar-refractivity contribution in [1.29, 1.82) is 0 Å². The standard InChI is InChI=1S/C24H21FN4O5S/c1-14-4-6-16(34-13-21-19(25)3-2-10-26-21)12-22(14)29-23(30)18-9-5-15(11-20(18)27-24(29)31)28-35(32,33)17-7-8-17/h2-6,9-12,17,28H,7-8,13H2,1H3,(H,27,31). The summed E-state index contributed by atoms with van der Waals surface area (Å²) in [6, 6.07) is 12.0. The number of fused-ring (bicyclic) bond motifs is 1. The molecule has 0 unspecified atom stereocenters. The second-order valence-corrected chi connectivity index (χ2v) is 10.3. The number of nitrogens with zero attached hydrogens (tertiary/aromatic N) is 2. The fourth-order valence-corrected chi connectivity index (χ4v) is 5.10. The zero-order valence-electron chi connectivity index (χ0n) is 18.6. The lowest BCUT2D eigenvalue weighted by molar-refractivity contribution is 0.294. The highest BCUT2D eigenvalue weighted by molar-refractivity contribution is 7.93. The first-order valence-corrected chi connectivity index (χ1v) is 12.4. The van der Waals surface area contributed by atoms with Crippen LogP contribution in [0.4, 0.5) is 10.1 Å². The van der Waals surface area contributed by atoms with Gasteiger partial charge in [0.1, 0.15) is 23.9 Å². The Labute approximate surface area is 199 Å². The molecule has 35 heavy (non-hydrogen) atoms. The van der Waals surface area contributed by atoms with E-state index in [1.807, 2.05) is 0 Å². The molecule has 0 spiro atoms. The summed E-state index contributed by atoms with van der Waals surface area (Å²) < 4.78 is 47.4. The Morgan fingerprint density at radius 3 is 2.71 bits per heavy atom. The molecule has 1 fully saturated rings. The van der Waals surface area contributed by atoms with Crippen LogP contribution in [-0.2, 0) is 16.6 Å². The molecule has 11 heteroatoms. The normalized spacial score (nSPS) is 13.7. The van der Waals surface area contributed by atoms with Gasteiger partial charge in [0.05, 0.1) is 27.5 Å². The number of aromatic nitrogens is 3. The Morgan fingerprint density at radius 1 is 1.17 bits per heavy atom. The molecule has 1 aliphatic carbocycles. The highest BCUT2D eigenvalue weighted by atomic mass is 32.2. The van der Waals surface area contributed by atoms with Crippen LogP contribution in [0.3, 0.4) is 0 Å². The van der Waals surface area contributed by atoms with Gasteiger partial charge in [0.25, 0.3) is 5.56 Å². The summed E-state index contributed by atoms with van der Waals surface area (Å²) in [7, 11) is -3.49. The average Bonchev–Trinajstić information content (AvgIpc) is 3.66. The molecule has 0 amide bonds. The van der Waals surface area contributed by atoms with E-state index in [0.29, 0.717) is 29.8 Å². The van der Waals surface area contributed by atoms with Crippen LogP contribution in [0.1, 0.15) is 24.1 Å². The van der Waals surface area contributed by atoms with Crippen molar-refractivity contribution in [3.63, 3.8) is 0 Å². The van der Waals surface area contributed by atoms with Crippen molar-refractivity contribution in [2.75, 3.05) is 4.72 Å². The smallest absolute Gasteiger partial charge is 0.333 e. The fraction of sp³-hybridized carbons (Fsp3) is 0.208. The predicted molar refractivity (Wildman–Crippen MR) is 129 cm³/mol. The molecular weight excluding hydrogens is 475 g/mol. The van der Waals surface area contributed by atoms with Gasteiger partial charge in [-0.3, -0.25) is 14.5 Å². The summed E-state index contributed by atoms with van der Waals surface area (Å²) in [5, 5.41) is -0.197. The molecule has 1 saturated carbocycles. The maximum atomic E-state index is 13.8. The molecule has 2 heterocycles. The van der Waals surface area contributed by atoms with E-state index < -0.39 is 32.3 Å². The van der Waals surface area contributed by atoms with Gasteiger partial charge in [0.15, 0.2) is 0 Å². The number of aryl methyl sites for hydroxylation is 1. The predicted octanol–water partition coefficient (Wildman–Crippen LogP) is 3.00. The van der Waals surface area contributed by atoms with E-state index in [-0.39, 0.29) is 28.9 Å². The second kappa shape index (κ2) is 8.66. The van der Waals surface area contributed by atoms with Crippen LogP contribution in [0, 0.1) is 12.7 Å². The van der Waals surface area contributed by atoms with Crippen LogP contribution in [0.25, 0.3) is 16.6 Å². The lowest BCUT2D eigenvalue weighted by Crippen LogP contribution is -2.34. The molecule has 2 aromatic carbocycles. The first-order valence-electron chi connectivity index (χ1n) is 10.9. The number of nitrogens with one attached hydrogen (secondary N) is 2. The van der Waals surface area contributed by atoms with E-state index in [2.05, 4.69) is 14.7 Å². The topological polar surface area (TPSA) is 123 Å². The highest BCUT2D eigenvalue weighted by Crippen LogP contribution is 2.30. The molecule has 2 N–H and O–H groups in total. The Balaban J connectivity index is 1.50. The number of ether oxygens (including phenoxy) is 1. The molecule has 9 nitrogen and oxygen atoms in total. The van der Waals surface area contributed by atoms with Crippen molar-refractivity contribution < 1.29 is 17.5 Å². The molecule has 180 valence electrons. The third-order valence-electron chi connectivity index (χ3n) is 5.75. The second-order valence-electron chi connectivity index (χ2n) is 8.35. The number of benzene rings is 2. The van der Waals surface area contributed by atoms with E-state index in [1.165, 1.54) is 42.6 Å². The van der Waals surface area contributed by atoms with Crippen LogP contribution in [0.2, 0.25) is 0 Å². The maximum Gasteiger partial charge on any atom is 0.333 e. The van der Waals surface area contributed by atoms with Crippen LogP contribution in [0.5, 0.6) is 5.75 Å². The number of H-pyrrole nitrogens is 1. The van der Waals surface area contributed by atoms with Gasteiger partial charge in [-0.1, -0.05) is 6.07 Å². The number of hydrogen-bond acceptors (Lipinski definition) is 6. The molecule has 0 radical (unpaired) electrons. The monoisotopic (exact) mass is 496 g/mol. The number of rotatable bonds is 7. The molecule has 0 atom stereocenters. The van der Waals surface area contributed by atoms with E-state index in [0.717, 1.165) is 4.57 Å². The lowest BCUT2D eigenvalue weighted by Gasteiger charge is -2.13. The minimum Gasteiger partial charge on any atom is -0.487 e. The molecule has 1 aliphatic rings. The van der Waals surface area contributed by atoms with Crippen molar-refractivity contribution in [3.8, 4) is 11.4 Å². The van der Waals surface area contributed by atoms with Gasteiger partial charge >= 0.3 is 5.69 Å². The number of aromatic amines is 1. The summed E-state index contributed by atoms with van der Waals surface area (Å²) in [4.78, 5) is 32.8. The van der Waals surface area contributed by atoms with Crippen LogP contribution >= 0.6 is 0 Å². The number of sulfonamides is 1. The molecule has 0 bridgehead atoms. The molecule has 0 aliphatic heterocycles. The minimum absolute atomic E-state index is 0.127. The number of hydrogen-bond donors (Lipinski definition) is 2. The van der Waals surface area contributed by atoms with Gasteiger partial charge in [-0.25, -0.2) is 22.2 Å². The van der Waals surface area contributed by atoms with Crippen LogP contribution in [0.15, 0.2) is 64.3 Å². The largest absolute Gasteiger partial charge is 0.487 e. The minimum atomic E-state index is -3.49. The zero-order valence-corrected chi connectivity index (χ0v) is 19.4.